The maximum Gasteiger partial charge on any atom is 0.251 e. The minimum Gasteiger partial charge on any atom is -0.348 e. The first kappa shape index (κ1) is 13.9. The average Bonchev–Trinajstić information content (AvgIpc) is 2.85. The van der Waals surface area contributed by atoms with E-state index in [1.165, 1.54) is 19.3 Å². The predicted molar refractivity (Wildman–Crippen MR) is 79.7 cm³/mol. The summed E-state index contributed by atoms with van der Waals surface area (Å²) in [6.45, 7) is 6.88. The Morgan fingerprint density at radius 2 is 2.20 bits per heavy atom. The van der Waals surface area contributed by atoms with Crippen molar-refractivity contribution in [3.05, 3.63) is 29.0 Å². The molecule has 108 valence electrons. The summed E-state index contributed by atoms with van der Waals surface area (Å²) in [5.74, 6) is 0.681. The van der Waals surface area contributed by atoms with Crippen LogP contribution in [0.2, 0.25) is 5.15 Å². The highest BCUT2D eigenvalue weighted by molar-refractivity contribution is 6.29. The highest BCUT2D eigenvalue weighted by atomic mass is 35.5. The third-order valence-electron chi connectivity index (χ3n) is 5.53. The number of aromatic nitrogens is 1. The van der Waals surface area contributed by atoms with Gasteiger partial charge in [0, 0.05) is 17.8 Å². The van der Waals surface area contributed by atoms with Crippen LogP contribution in [0.5, 0.6) is 0 Å². The van der Waals surface area contributed by atoms with Gasteiger partial charge in [-0.3, -0.25) is 4.79 Å². The Morgan fingerprint density at radius 1 is 1.45 bits per heavy atom. The molecule has 2 fully saturated rings. The molecule has 0 radical (unpaired) electrons. The monoisotopic (exact) mass is 292 g/mol. The third kappa shape index (κ3) is 2.03. The lowest BCUT2D eigenvalue weighted by Crippen LogP contribution is -2.52. The molecule has 2 aliphatic rings. The molecule has 1 aromatic rings. The summed E-state index contributed by atoms with van der Waals surface area (Å²) in [6, 6.07) is 3.57. The molecule has 20 heavy (non-hydrogen) atoms. The van der Waals surface area contributed by atoms with Crippen LogP contribution in [0, 0.1) is 16.7 Å². The van der Waals surface area contributed by atoms with Gasteiger partial charge in [-0.1, -0.05) is 32.4 Å². The van der Waals surface area contributed by atoms with Crippen molar-refractivity contribution in [3.63, 3.8) is 0 Å². The molecule has 2 saturated carbocycles. The third-order valence-corrected chi connectivity index (χ3v) is 5.74. The summed E-state index contributed by atoms with van der Waals surface area (Å²) in [7, 11) is 0. The van der Waals surface area contributed by atoms with Crippen molar-refractivity contribution in [2.45, 2.75) is 46.1 Å². The first-order valence-electron chi connectivity index (χ1n) is 7.25. The fourth-order valence-corrected chi connectivity index (χ4v) is 4.59. The van der Waals surface area contributed by atoms with Crippen LogP contribution in [-0.2, 0) is 0 Å². The van der Waals surface area contributed by atoms with Crippen molar-refractivity contribution in [3.8, 4) is 0 Å². The molecule has 1 amide bonds. The second-order valence-corrected chi connectivity index (χ2v) is 7.58. The fraction of sp³-hybridized carbons (Fsp3) is 0.625. The largest absolute Gasteiger partial charge is 0.348 e. The second kappa shape index (κ2) is 4.45. The van der Waals surface area contributed by atoms with Crippen LogP contribution < -0.4 is 5.32 Å². The topological polar surface area (TPSA) is 42.0 Å². The van der Waals surface area contributed by atoms with Crippen LogP contribution in [-0.4, -0.2) is 16.9 Å². The fourth-order valence-electron chi connectivity index (χ4n) is 4.42. The van der Waals surface area contributed by atoms with Gasteiger partial charge in [0.1, 0.15) is 5.15 Å². The van der Waals surface area contributed by atoms with Crippen LogP contribution in [0.25, 0.3) is 0 Å². The number of halogens is 1. The SMILES string of the molecule is CC12CCC(C1)C(C)(C)C2NC(=O)c1ccnc(Cl)c1. The van der Waals surface area contributed by atoms with Crippen LogP contribution in [0.15, 0.2) is 18.3 Å². The maximum atomic E-state index is 12.5. The molecule has 4 heteroatoms. The number of hydrogen-bond acceptors (Lipinski definition) is 2. The molecule has 0 aliphatic heterocycles. The lowest BCUT2D eigenvalue weighted by Gasteiger charge is -2.43. The number of amides is 1. The molecular weight excluding hydrogens is 272 g/mol. The summed E-state index contributed by atoms with van der Waals surface area (Å²) in [5.41, 5.74) is 0.993. The Hall–Kier alpha value is -1.09. The number of nitrogens with zero attached hydrogens (tertiary/aromatic N) is 1. The van der Waals surface area contributed by atoms with E-state index >= 15 is 0 Å². The number of carbonyl (C=O) groups excluding carboxylic acids is 1. The summed E-state index contributed by atoms with van der Waals surface area (Å²) in [5, 5.41) is 3.62. The Balaban J connectivity index is 1.82. The number of hydrogen-bond donors (Lipinski definition) is 1. The van der Waals surface area contributed by atoms with Gasteiger partial charge in [0.15, 0.2) is 0 Å². The minimum atomic E-state index is -0.0406. The molecule has 1 heterocycles. The zero-order chi connectivity index (χ0) is 14.5. The van der Waals surface area contributed by atoms with Gasteiger partial charge < -0.3 is 5.32 Å². The van der Waals surface area contributed by atoms with Gasteiger partial charge >= 0.3 is 0 Å². The van der Waals surface area contributed by atoms with Gasteiger partial charge in [-0.15, -0.1) is 0 Å². The first-order chi connectivity index (χ1) is 9.33. The summed E-state index contributed by atoms with van der Waals surface area (Å²) in [6.07, 6.45) is 5.30. The molecule has 3 rings (SSSR count). The van der Waals surface area contributed by atoms with Crippen molar-refractivity contribution in [1.29, 1.82) is 0 Å². The van der Waals surface area contributed by atoms with Gasteiger partial charge in [0.05, 0.1) is 0 Å². The molecule has 2 bridgehead atoms. The highest BCUT2D eigenvalue weighted by Gasteiger charge is 2.59. The Morgan fingerprint density at radius 3 is 2.80 bits per heavy atom. The zero-order valence-corrected chi connectivity index (χ0v) is 13.0. The molecule has 1 aromatic heterocycles. The van der Waals surface area contributed by atoms with E-state index < -0.39 is 0 Å². The van der Waals surface area contributed by atoms with E-state index in [-0.39, 0.29) is 22.8 Å². The molecule has 0 spiro atoms. The standard InChI is InChI=1S/C16H21ClN2O/c1-15(2)11-4-6-16(3,9-11)14(15)19-13(20)10-5-7-18-12(17)8-10/h5,7-8,11,14H,4,6,9H2,1-3H3,(H,19,20). The van der Waals surface area contributed by atoms with Crippen molar-refractivity contribution in [1.82, 2.24) is 10.3 Å². The molecule has 2 aliphatic carbocycles. The summed E-state index contributed by atoms with van der Waals surface area (Å²) < 4.78 is 0. The Kier molecular flexibility index (Phi) is 3.09. The smallest absolute Gasteiger partial charge is 0.251 e. The van der Waals surface area contributed by atoms with E-state index in [9.17, 15) is 4.79 Å². The van der Waals surface area contributed by atoms with E-state index in [0.29, 0.717) is 10.7 Å². The normalized spacial score (nSPS) is 34.2. The molecule has 1 N–H and O–H groups in total. The molecule has 3 atom stereocenters. The molecule has 3 nitrogen and oxygen atoms in total. The van der Waals surface area contributed by atoms with E-state index in [1.54, 1.807) is 18.3 Å². The van der Waals surface area contributed by atoms with Crippen molar-refractivity contribution >= 4 is 17.5 Å². The zero-order valence-electron chi connectivity index (χ0n) is 12.2. The van der Waals surface area contributed by atoms with E-state index in [4.69, 9.17) is 11.6 Å². The quantitative estimate of drug-likeness (QED) is 0.845. The van der Waals surface area contributed by atoms with Crippen molar-refractivity contribution < 1.29 is 4.79 Å². The lowest BCUT2D eigenvalue weighted by atomic mass is 9.68. The minimum absolute atomic E-state index is 0.0406. The first-order valence-corrected chi connectivity index (χ1v) is 7.63. The Labute approximate surface area is 125 Å². The van der Waals surface area contributed by atoms with E-state index in [1.807, 2.05) is 0 Å². The van der Waals surface area contributed by atoms with E-state index in [0.717, 1.165) is 5.92 Å². The highest BCUT2D eigenvalue weighted by Crippen LogP contribution is 2.62. The van der Waals surface area contributed by atoms with Crippen LogP contribution in [0.4, 0.5) is 0 Å². The van der Waals surface area contributed by atoms with Crippen LogP contribution in [0.3, 0.4) is 0 Å². The van der Waals surface area contributed by atoms with Gasteiger partial charge in [-0.25, -0.2) is 4.98 Å². The summed E-state index contributed by atoms with van der Waals surface area (Å²) in [4.78, 5) is 16.4. The molecular formula is C16H21ClN2O. The number of fused-ring (bicyclic) bond motifs is 2. The molecule has 0 aromatic carbocycles. The lowest BCUT2D eigenvalue weighted by molar-refractivity contribution is 0.0737. The van der Waals surface area contributed by atoms with Gasteiger partial charge in [0.2, 0.25) is 0 Å². The average molecular weight is 293 g/mol. The predicted octanol–water partition coefficient (Wildman–Crippen LogP) is 3.68. The number of pyridine rings is 1. The molecule has 3 unspecified atom stereocenters. The second-order valence-electron chi connectivity index (χ2n) is 7.19. The van der Waals surface area contributed by atoms with Crippen molar-refractivity contribution in [2.75, 3.05) is 0 Å². The summed E-state index contributed by atoms with van der Waals surface area (Å²) >= 11 is 5.86. The number of carbonyl (C=O) groups is 1. The maximum absolute atomic E-state index is 12.5. The Bertz CT molecular complexity index is 552. The van der Waals surface area contributed by atoms with Gasteiger partial charge in [-0.05, 0) is 48.1 Å². The van der Waals surface area contributed by atoms with Gasteiger partial charge in [0.25, 0.3) is 5.91 Å². The van der Waals surface area contributed by atoms with Crippen LogP contribution >= 0.6 is 11.6 Å². The molecule has 0 saturated heterocycles. The van der Waals surface area contributed by atoms with Gasteiger partial charge in [-0.2, -0.15) is 0 Å². The van der Waals surface area contributed by atoms with Crippen molar-refractivity contribution in [2.24, 2.45) is 16.7 Å². The number of nitrogens with one attached hydrogen (secondary N) is 1. The number of rotatable bonds is 2. The van der Waals surface area contributed by atoms with E-state index in [2.05, 4.69) is 31.1 Å². The van der Waals surface area contributed by atoms with Crippen LogP contribution in [0.1, 0.15) is 50.4 Å².